The van der Waals surface area contributed by atoms with Crippen LogP contribution in [0.2, 0.25) is 0 Å². The number of anilines is 1. The lowest BCUT2D eigenvalue weighted by Gasteiger charge is -2.24. The van der Waals surface area contributed by atoms with Crippen molar-refractivity contribution in [3.63, 3.8) is 0 Å². The molecule has 1 N–H and O–H groups in total. The van der Waals surface area contributed by atoms with Crippen molar-refractivity contribution >= 4 is 23.2 Å². The lowest BCUT2D eigenvalue weighted by atomic mass is 10.1. The van der Waals surface area contributed by atoms with Crippen LogP contribution in [0.5, 0.6) is 5.88 Å². The Kier molecular flexibility index (Phi) is 5.97. The average Bonchev–Trinajstić information content (AvgIpc) is 3.55. The zero-order chi connectivity index (χ0) is 26.4. The highest BCUT2D eigenvalue weighted by Gasteiger charge is 2.43. The Morgan fingerprint density at radius 1 is 1.13 bits per heavy atom. The molecule has 4 aliphatic rings. The van der Waals surface area contributed by atoms with Gasteiger partial charge in [0.1, 0.15) is 17.6 Å². The van der Waals surface area contributed by atoms with Crippen LogP contribution in [-0.2, 0) is 11.3 Å². The van der Waals surface area contributed by atoms with Crippen molar-refractivity contribution in [2.24, 2.45) is 15.1 Å². The van der Waals surface area contributed by atoms with Crippen molar-refractivity contribution in [3.8, 4) is 5.88 Å². The Labute approximate surface area is 215 Å². The van der Waals surface area contributed by atoms with Crippen LogP contribution in [0.25, 0.3) is 0 Å². The molecule has 0 bridgehead atoms. The minimum Gasteiger partial charge on any atom is -0.480 e. The minimum atomic E-state index is -4.52. The maximum Gasteiger partial charge on any atom is 0.431 e. The zero-order valence-electron chi connectivity index (χ0n) is 20.6. The van der Waals surface area contributed by atoms with E-state index in [1.165, 1.54) is 13.4 Å². The SMILES string of the molecule is COc1ncnc(C2CC2)c1C1=NCC2=CNN(Cc3ccc(N4N=C(C(F)(F)F)CC4OC)nc3)C2=N1. The third-order valence-electron chi connectivity index (χ3n) is 6.62. The number of pyridine rings is 1. The Morgan fingerprint density at radius 3 is 2.66 bits per heavy atom. The third-order valence-corrected chi connectivity index (χ3v) is 6.62. The van der Waals surface area contributed by atoms with E-state index >= 15 is 0 Å². The number of nitrogens with zero attached hydrogens (tertiary/aromatic N) is 8. The molecule has 5 heterocycles. The molecule has 2 aromatic heterocycles. The summed E-state index contributed by atoms with van der Waals surface area (Å²) in [6, 6.07) is 3.41. The fraction of sp³-hybridized carbons (Fsp3) is 0.417. The predicted octanol–water partition coefficient (Wildman–Crippen LogP) is 2.92. The van der Waals surface area contributed by atoms with E-state index in [1.807, 2.05) is 11.2 Å². The maximum absolute atomic E-state index is 13.1. The fourth-order valence-electron chi connectivity index (χ4n) is 4.54. The lowest BCUT2D eigenvalue weighted by Crippen LogP contribution is -2.36. The van der Waals surface area contributed by atoms with Gasteiger partial charge in [0, 0.05) is 37.4 Å². The number of hydrogen-bond acceptors (Lipinski definition) is 11. The molecule has 2 aromatic rings. The van der Waals surface area contributed by atoms with E-state index in [2.05, 4.69) is 30.5 Å². The molecule has 6 rings (SSSR count). The molecule has 3 aliphatic heterocycles. The number of nitrogens with one attached hydrogen (secondary N) is 1. The first kappa shape index (κ1) is 24.3. The monoisotopic (exact) mass is 527 g/mol. The van der Waals surface area contributed by atoms with Gasteiger partial charge < -0.3 is 14.9 Å². The van der Waals surface area contributed by atoms with E-state index in [0.29, 0.717) is 36.6 Å². The molecule has 0 radical (unpaired) electrons. The summed E-state index contributed by atoms with van der Waals surface area (Å²) in [5, 5.41) is 6.71. The number of aromatic nitrogens is 3. The summed E-state index contributed by atoms with van der Waals surface area (Å²) >= 11 is 0. The highest BCUT2D eigenvalue weighted by molar-refractivity contribution is 6.15. The number of rotatable bonds is 7. The van der Waals surface area contributed by atoms with Crippen molar-refractivity contribution in [2.45, 2.75) is 44.1 Å². The number of hydrazone groups is 1. The van der Waals surface area contributed by atoms with Crippen LogP contribution < -0.4 is 15.2 Å². The number of ether oxygens (including phenoxy) is 2. The molecule has 38 heavy (non-hydrogen) atoms. The zero-order valence-corrected chi connectivity index (χ0v) is 20.6. The average molecular weight is 528 g/mol. The molecule has 1 saturated carbocycles. The van der Waals surface area contributed by atoms with Crippen molar-refractivity contribution in [1.29, 1.82) is 0 Å². The van der Waals surface area contributed by atoms with Gasteiger partial charge in [-0.25, -0.2) is 25.0 Å². The molecular weight excluding hydrogens is 503 g/mol. The Bertz CT molecular complexity index is 1370. The number of halogens is 3. The molecule has 14 heteroatoms. The molecule has 198 valence electrons. The van der Waals surface area contributed by atoms with Crippen molar-refractivity contribution in [1.82, 2.24) is 25.4 Å². The van der Waals surface area contributed by atoms with Gasteiger partial charge in [-0.1, -0.05) is 6.07 Å². The van der Waals surface area contributed by atoms with Gasteiger partial charge in [-0.3, -0.25) is 10.0 Å². The van der Waals surface area contributed by atoms with E-state index in [-0.39, 0.29) is 12.2 Å². The van der Waals surface area contributed by atoms with Gasteiger partial charge in [-0.2, -0.15) is 18.3 Å². The van der Waals surface area contributed by atoms with E-state index in [0.717, 1.165) is 40.2 Å². The molecule has 11 nitrogen and oxygen atoms in total. The second kappa shape index (κ2) is 9.35. The normalized spacial score (nSPS) is 20.9. The highest BCUT2D eigenvalue weighted by atomic mass is 19.4. The van der Waals surface area contributed by atoms with Crippen LogP contribution in [-0.4, -0.2) is 70.5 Å². The fourth-order valence-corrected chi connectivity index (χ4v) is 4.54. The van der Waals surface area contributed by atoms with E-state index < -0.39 is 18.1 Å². The van der Waals surface area contributed by atoms with Crippen LogP contribution in [0, 0.1) is 0 Å². The number of methoxy groups -OCH3 is 2. The Hall–Kier alpha value is -4.07. The summed E-state index contributed by atoms with van der Waals surface area (Å²) in [6.07, 6.45) is 1.32. The van der Waals surface area contributed by atoms with Gasteiger partial charge in [0.05, 0.1) is 25.9 Å². The van der Waals surface area contributed by atoms with Crippen molar-refractivity contribution in [2.75, 3.05) is 25.8 Å². The number of aliphatic imine (C=N–C) groups is 2. The molecule has 1 unspecified atom stereocenters. The van der Waals surface area contributed by atoms with E-state index in [4.69, 9.17) is 14.5 Å². The lowest BCUT2D eigenvalue weighted by molar-refractivity contribution is -0.0609. The quantitative estimate of drug-likeness (QED) is 0.585. The molecule has 0 aromatic carbocycles. The maximum atomic E-state index is 13.1. The van der Waals surface area contributed by atoms with Gasteiger partial charge in [0.25, 0.3) is 0 Å². The third kappa shape index (κ3) is 4.44. The van der Waals surface area contributed by atoms with Gasteiger partial charge in [0.15, 0.2) is 23.7 Å². The Morgan fingerprint density at radius 2 is 1.97 bits per heavy atom. The second-order valence-electron chi connectivity index (χ2n) is 9.19. The van der Waals surface area contributed by atoms with Crippen LogP contribution in [0.15, 0.2) is 51.5 Å². The van der Waals surface area contributed by atoms with Gasteiger partial charge in [-0.05, 0) is 24.5 Å². The predicted molar refractivity (Wildman–Crippen MR) is 132 cm³/mol. The standard InChI is InChI=1S/C24H24F3N9O2/c1-37-18-7-16(24(25,26)27)34-36(18)17-6-3-13(8-28-17)11-35-22-15(10-32-35)9-29-21(33-22)19-20(14-4-5-14)30-12-31-23(19)38-2/h3,6,8,10,12,14,18,32H,4-5,7,9,11H2,1-2H3. The summed E-state index contributed by atoms with van der Waals surface area (Å²) in [6.45, 7) is 0.839. The van der Waals surface area contributed by atoms with Crippen molar-refractivity contribution < 1.29 is 22.6 Å². The molecular formula is C24H24F3N9O2. The van der Waals surface area contributed by atoms with E-state index in [9.17, 15) is 13.2 Å². The number of fused-ring (bicyclic) bond motifs is 1. The summed E-state index contributed by atoms with van der Waals surface area (Å²) in [4.78, 5) is 22.6. The number of hydrazine groups is 1. The molecule has 1 atom stereocenters. The van der Waals surface area contributed by atoms with E-state index in [1.54, 1.807) is 25.4 Å². The highest BCUT2D eigenvalue weighted by Crippen LogP contribution is 2.42. The summed E-state index contributed by atoms with van der Waals surface area (Å²) < 4.78 is 50.1. The number of alkyl halides is 3. The van der Waals surface area contributed by atoms with Crippen LogP contribution in [0.4, 0.5) is 19.0 Å². The summed E-state index contributed by atoms with van der Waals surface area (Å²) in [5.41, 5.74) is 5.67. The molecule has 0 saturated heterocycles. The number of hydrogen-bond donors (Lipinski definition) is 1. The smallest absolute Gasteiger partial charge is 0.431 e. The Balaban J connectivity index is 1.22. The van der Waals surface area contributed by atoms with Crippen LogP contribution >= 0.6 is 0 Å². The molecule has 1 fully saturated rings. The summed E-state index contributed by atoms with van der Waals surface area (Å²) in [7, 11) is 2.91. The van der Waals surface area contributed by atoms with Crippen LogP contribution in [0.1, 0.15) is 42.0 Å². The van der Waals surface area contributed by atoms with Gasteiger partial charge in [-0.15, -0.1) is 0 Å². The molecule has 0 amide bonds. The van der Waals surface area contributed by atoms with Gasteiger partial charge >= 0.3 is 6.18 Å². The number of amidine groups is 2. The topological polar surface area (TPSA) is 113 Å². The molecule has 0 spiro atoms. The molecule has 1 aliphatic carbocycles. The largest absolute Gasteiger partial charge is 0.480 e. The van der Waals surface area contributed by atoms with Crippen LogP contribution in [0.3, 0.4) is 0 Å². The summed E-state index contributed by atoms with van der Waals surface area (Å²) in [5.74, 6) is 2.30. The second-order valence-corrected chi connectivity index (χ2v) is 9.19. The first-order chi connectivity index (χ1) is 18.4. The first-order valence-corrected chi connectivity index (χ1v) is 12.0. The van der Waals surface area contributed by atoms with Crippen molar-refractivity contribution in [3.05, 3.63) is 53.3 Å². The minimum absolute atomic E-state index is 0.265. The first-order valence-electron chi connectivity index (χ1n) is 12.0. The van der Waals surface area contributed by atoms with Gasteiger partial charge in [0.2, 0.25) is 5.88 Å².